The number of rotatable bonds is 11. The first-order chi connectivity index (χ1) is 20.8. The van der Waals surface area contributed by atoms with Gasteiger partial charge in [-0.1, -0.05) is 76.1 Å². The summed E-state index contributed by atoms with van der Waals surface area (Å²) in [5, 5.41) is 6.08. The number of urea groups is 1. The van der Waals surface area contributed by atoms with Crippen molar-refractivity contribution < 1.29 is 19.1 Å². The van der Waals surface area contributed by atoms with E-state index in [0.717, 1.165) is 55.4 Å². The minimum atomic E-state index is -0.723. The maximum Gasteiger partial charge on any atom is 0.318 e. The normalized spacial score (nSPS) is 18.8. The molecule has 2 aliphatic heterocycles. The summed E-state index contributed by atoms with van der Waals surface area (Å²) in [5.41, 5.74) is 2.03. The first-order valence-electron chi connectivity index (χ1n) is 16.2. The van der Waals surface area contributed by atoms with Gasteiger partial charge in [-0.25, -0.2) is 4.79 Å². The third kappa shape index (κ3) is 10.3. The van der Waals surface area contributed by atoms with E-state index < -0.39 is 12.1 Å². The monoisotopic (exact) mass is 590 g/mol. The summed E-state index contributed by atoms with van der Waals surface area (Å²) in [5.74, 6) is 1.00. The van der Waals surface area contributed by atoms with Crippen LogP contribution in [0.3, 0.4) is 0 Å². The van der Waals surface area contributed by atoms with E-state index in [0.29, 0.717) is 51.5 Å². The molecule has 0 aromatic heterocycles. The molecule has 2 N–H and O–H groups in total. The fraction of sp³-hybridized carbons (Fsp3) is 0.571. The number of piperidine rings is 1. The van der Waals surface area contributed by atoms with Crippen LogP contribution in [0.2, 0.25) is 0 Å². The Morgan fingerprint density at radius 1 is 0.814 bits per heavy atom. The summed E-state index contributed by atoms with van der Waals surface area (Å²) in [6.45, 7) is 9.53. The predicted molar refractivity (Wildman–Crippen MR) is 170 cm³/mol. The summed E-state index contributed by atoms with van der Waals surface area (Å²) >= 11 is 0. The van der Waals surface area contributed by atoms with E-state index in [1.54, 1.807) is 0 Å². The lowest BCUT2D eigenvalue weighted by atomic mass is 9.97. The molecular weight excluding hydrogens is 540 g/mol. The standard InChI is InChI=1S/C35H50N4O4/c1-26(2)22-31(37-35(42)38-19-9-4-5-10-20-38)33(40)36-32(34(41)39-21-11-12-27(3)24-39)23-28-15-17-30(18-16-28)43-25-29-13-7-6-8-14-29/h6-8,13-18,26-27,31-32H,4-5,9-12,19-25H2,1-3H3,(H,36,40)(H,37,42). The topological polar surface area (TPSA) is 91.0 Å². The largest absolute Gasteiger partial charge is 0.489 e. The molecule has 2 fully saturated rings. The first-order valence-corrected chi connectivity index (χ1v) is 16.2. The van der Waals surface area contributed by atoms with E-state index >= 15 is 0 Å². The Morgan fingerprint density at radius 3 is 2.14 bits per heavy atom. The van der Waals surface area contributed by atoms with E-state index in [-0.39, 0.29) is 23.8 Å². The van der Waals surface area contributed by atoms with Gasteiger partial charge in [-0.05, 0) is 67.2 Å². The van der Waals surface area contributed by atoms with Crippen molar-refractivity contribution in [2.45, 2.75) is 90.8 Å². The lowest BCUT2D eigenvalue weighted by molar-refractivity contribution is -0.138. The molecule has 0 radical (unpaired) electrons. The molecular formula is C35H50N4O4. The van der Waals surface area contributed by atoms with Crippen LogP contribution in [0.15, 0.2) is 54.6 Å². The van der Waals surface area contributed by atoms with Crippen molar-refractivity contribution in [1.82, 2.24) is 20.4 Å². The summed E-state index contributed by atoms with van der Waals surface area (Å²) in [4.78, 5) is 44.5. The highest BCUT2D eigenvalue weighted by Crippen LogP contribution is 2.20. The molecule has 2 aromatic carbocycles. The van der Waals surface area contributed by atoms with Crippen LogP contribution in [-0.4, -0.2) is 65.9 Å². The molecule has 0 spiro atoms. The second-order valence-electron chi connectivity index (χ2n) is 12.7. The van der Waals surface area contributed by atoms with Gasteiger partial charge in [-0.15, -0.1) is 0 Å². The third-order valence-corrected chi connectivity index (χ3v) is 8.41. The minimum Gasteiger partial charge on any atom is -0.489 e. The van der Waals surface area contributed by atoms with Gasteiger partial charge >= 0.3 is 6.03 Å². The van der Waals surface area contributed by atoms with Gasteiger partial charge in [-0.3, -0.25) is 9.59 Å². The zero-order chi connectivity index (χ0) is 30.6. The average Bonchev–Trinajstić information content (AvgIpc) is 3.30. The van der Waals surface area contributed by atoms with Crippen LogP contribution in [0.5, 0.6) is 5.75 Å². The van der Waals surface area contributed by atoms with Crippen molar-refractivity contribution in [2.75, 3.05) is 26.2 Å². The second kappa shape index (κ2) is 16.3. The number of amides is 4. The third-order valence-electron chi connectivity index (χ3n) is 8.41. The van der Waals surface area contributed by atoms with E-state index in [9.17, 15) is 14.4 Å². The molecule has 234 valence electrons. The SMILES string of the molecule is CC(C)CC(NC(=O)N1CCCCCC1)C(=O)NC(Cc1ccc(OCc2ccccc2)cc1)C(=O)N1CCCC(C)C1. The number of ether oxygens (including phenoxy) is 1. The van der Waals surface area contributed by atoms with Gasteiger partial charge in [-0.2, -0.15) is 0 Å². The highest BCUT2D eigenvalue weighted by atomic mass is 16.5. The molecule has 4 amide bonds. The summed E-state index contributed by atoms with van der Waals surface area (Å²) in [7, 11) is 0. The van der Waals surface area contributed by atoms with E-state index in [1.807, 2.05) is 78.2 Å². The molecule has 3 unspecified atom stereocenters. The molecule has 3 atom stereocenters. The average molecular weight is 591 g/mol. The summed E-state index contributed by atoms with van der Waals surface area (Å²) < 4.78 is 5.95. The van der Waals surface area contributed by atoms with Crippen LogP contribution < -0.4 is 15.4 Å². The van der Waals surface area contributed by atoms with Gasteiger partial charge in [0.15, 0.2) is 0 Å². The Kier molecular flexibility index (Phi) is 12.3. The quantitative estimate of drug-likeness (QED) is 0.359. The van der Waals surface area contributed by atoms with Crippen molar-refractivity contribution in [1.29, 1.82) is 0 Å². The smallest absolute Gasteiger partial charge is 0.318 e. The Morgan fingerprint density at radius 2 is 1.49 bits per heavy atom. The van der Waals surface area contributed by atoms with Crippen molar-refractivity contribution in [3.8, 4) is 5.75 Å². The zero-order valence-corrected chi connectivity index (χ0v) is 26.2. The van der Waals surface area contributed by atoms with Gasteiger partial charge in [0, 0.05) is 32.6 Å². The maximum absolute atomic E-state index is 13.9. The number of nitrogens with one attached hydrogen (secondary N) is 2. The van der Waals surface area contributed by atoms with Crippen LogP contribution in [0.1, 0.15) is 76.8 Å². The molecule has 0 aliphatic carbocycles. The number of likely N-dealkylation sites (tertiary alicyclic amines) is 2. The molecule has 8 nitrogen and oxygen atoms in total. The van der Waals surface area contributed by atoms with Crippen molar-refractivity contribution in [3.05, 3.63) is 65.7 Å². The summed E-state index contributed by atoms with van der Waals surface area (Å²) in [6.07, 6.45) is 7.14. The maximum atomic E-state index is 13.9. The molecule has 0 saturated carbocycles. The fourth-order valence-corrected chi connectivity index (χ4v) is 6.00. The van der Waals surface area contributed by atoms with E-state index in [1.165, 1.54) is 0 Å². The van der Waals surface area contributed by atoms with Crippen LogP contribution in [-0.2, 0) is 22.6 Å². The first kappa shape index (κ1) is 32.4. The molecule has 43 heavy (non-hydrogen) atoms. The van der Waals surface area contributed by atoms with Gasteiger partial charge in [0.05, 0.1) is 0 Å². The van der Waals surface area contributed by atoms with Crippen molar-refractivity contribution in [2.24, 2.45) is 11.8 Å². The summed E-state index contributed by atoms with van der Waals surface area (Å²) in [6, 6.07) is 16.1. The highest BCUT2D eigenvalue weighted by molar-refractivity contribution is 5.92. The van der Waals surface area contributed by atoms with Gasteiger partial charge in [0.2, 0.25) is 11.8 Å². The van der Waals surface area contributed by atoms with Crippen LogP contribution in [0, 0.1) is 11.8 Å². The Hall–Kier alpha value is -3.55. The van der Waals surface area contributed by atoms with Gasteiger partial charge in [0.1, 0.15) is 24.4 Å². The molecule has 2 aliphatic rings. The number of benzene rings is 2. The molecule has 0 bridgehead atoms. The Labute approximate surface area is 257 Å². The molecule has 8 heteroatoms. The molecule has 2 saturated heterocycles. The second-order valence-corrected chi connectivity index (χ2v) is 12.7. The van der Waals surface area contributed by atoms with Crippen LogP contribution in [0.25, 0.3) is 0 Å². The van der Waals surface area contributed by atoms with Gasteiger partial charge in [0.25, 0.3) is 0 Å². The molecule has 2 aromatic rings. The lowest BCUT2D eigenvalue weighted by Gasteiger charge is -2.34. The Bertz CT molecular complexity index is 1160. The number of nitrogens with zero attached hydrogens (tertiary/aromatic N) is 2. The molecule has 4 rings (SSSR count). The number of carbonyl (C=O) groups is 3. The predicted octanol–water partition coefficient (Wildman–Crippen LogP) is 5.55. The van der Waals surface area contributed by atoms with Gasteiger partial charge < -0.3 is 25.2 Å². The number of carbonyl (C=O) groups excluding carboxylic acids is 3. The fourth-order valence-electron chi connectivity index (χ4n) is 6.00. The van der Waals surface area contributed by atoms with Crippen molar-refractivity contribution >= 4 is 17.8 Å². The van der Waals surface area contributed by atoms with E-state index in [4.69, 9.17) is 4.74 Å². The van der Waals surface area contributed by atoms with Crippen LogP contribution >= 0.6 is 0 Å². The number of hydrogen-bond acceptors (Lipinski definition) is 4. The van der Waals surface area contributed by atoms with Crippen molar-refractivity contribution in [3.63, 3.8) is 0 Å². The lowest BCUT2D eigenvalue weighted by Crippen LogP contribution is -2.57. The number of hydrogen-bond donors (Lipinski definition) is 2. The molecule has 2 heterocycles. The van der Waals surface area contributed by atoms with E-state index in [2.05, 4.69) is 17.6 Å². The zero-order valence-electron chi connectivity index (χ0n) is 26.2. The minimum absolute atomic E-state index is 0.0635. The van der Waals surface area contributed by atoms with Crippen LogP contribution in [0.4, 0.5) is 4.79 Å². The Balaban J connectivity index is 1.46. The highest BCUT2D eigenvalue weighted by Gasteiger charge is 2.32.